The normalized spacial score (nSPS) is 10.2. The maximum atomic E-state index is 11.8. The molecule has 1 aromatic rings. The predicted molar refractivity (Wildman–Crippen MR) is 46.7 cm³/mol. The van der Waals surface area contributed by atoms with Crippen molar-refractivity contribution in [2.45, 2.75) is 6.61 Å². The third-order valence-electron chi connectivity index (χ3n) is 1.62. The highest BCUT2D eigenvalue weighted by atomic mass is 19.3. The minimum atomic E-state index is -3.13. The van der Waals surface area contributed by atoms with Gasteiger partial charge in [-0.05, 0) is 12.1 Å². The summed E-state index contributed by atoms with van der Waals surface area (Å²) >= 11 is 0. The van der Waals surface area contributed by atoms with Crippen LogP contribution in [0.15, 0.2) is 18.2 Å². The Kier molecular flexibility index (Phi) is 3.33. The molecular formula is C8H5F2NO5. The molecule has 86 valence electrons. The molecule has 0 bridgehead atoms. The Labute approximate surface area is 87.2 Å². The van der Waals surface area contributed by atoms with Crippen molar-refractivity contribution in [1.29, 1.82) is 0 Å². The molecule has 0 fully saturated rings. The van der Waals surface area contributed by atoms with E-state index in [1.54, 1.807) is 0 Å². The maximum absolute atomic E-state index is 11.8. The first kappa shape index (κ1) is 11.8. The molecule has 0 radical (unpaired) electrons. The molecule has 0 aliphatic rings. The van der Waals surface area contributed by atoms with Crippen LogP contribution in [0.4, 0.5) is 14.5 Å². The lowest BCUT2D eigenvalue weighted by atomic mass is 10.2. The molecule has 1 N–H and O–H groups in total. The van der Waals surface area contributed by atoms with E-state index in [2.05, 4.69) is 4.74 Å². The number of carbonyl (C=O) groups is 1. The zero-order chi connectivity index (χ0) is 12.3. The van der Waals surface area contributed by atoms with E-state index in [0.717, 1.165) is 12.1 Å². The standard InChI is InChI=1S/C8H5F2NO5/c9-8(10)16-4-1-2-5(7(12)13)6(3-4)11(14)15/h1-3,8H,(H,12,13). The molecule has 0 unspecified atom stereocenters. The molecule has 0 aliphatic heterocycles. The fourth-order valence-electron chi connectivity index (χ4n) is 1.02. The molecule has 8 heteroatoms. The van der Waals surface area contributed by atoms with Crippen LogP contribution < -0.4 is 4.74 Å². The zero-order valence-electron chi connectivity index (χ0n) is 7.59. The van der Waals surface area contributed by atoms with Crippen molar-refractivity contribution in [1.82, 2.24) is 0 Å². The summed E-state index contributed by atoms with van der Waals surface area (Å²) in [4.78, 5) is 20.0. The molecular weight excluding hydrogens is 228 g/mol. The average Bonchev–Trinajstić information content (AvgIpc) is 2.16. The van der Waals surface area contributed by atoms with Crippen LogP contribution >= 0.6 is 0 Å². The van der Waals surface area contributed by atoms with Crippen molar-refractivity contribution >= 4 is 11.7 Å². The van der Waals surface area contributed by atoms with E-state index in [4.69, 9.17) is 5.11 Å². The van der Waals surface area contributed by atoms with Crippen molar-refractivity contribution < 1.29 is 28.3 Å². The van der Waals surface area contributed by atoms with Crippen LogP contribution in [0.1, 0.15) is 10.4 Å². The summed E-state index contributed by atoms with van der Waals surface area (Å²) in [5, 5.41) is 19.1. The first-order chi connectivity index (χ1) is 7.41. The van der Waals surface area contributed by atoms with E-state index in [0.29, 0.717) is 6.07 Å². The summed E-state index contributed by atoms with van der Waals surface area (Å²) in [6.07, 6.45) is 0. The van der Waals surface area contributed by atoms with Crippen LogP contribution in [0.2, 0.25) is 0 Å². The van der Waals surface area contributed by atoms with E-state index in [-0.39, 0.29) is 0 Å². The van der Waals surface area contributed by atoms with Crippen LogP contribution in [0, 0.1) is 10.1 Å². The number of nitro benzene ring substituents is 1. The van der Waals surface area contributed by atoms with Crippen molar-refractivity contribution in [3.63, 3.8) is 0 Å². The summed E-state index contributed by atoms with van der Waals surface area (Å²) in [5.74, 6) is -1.98. The lowest BCUT2D eigenvalue weighted by Gasteiger charge is -2.04. The third-order valence-corrected chi connectivity index (χ3v) is 1.62. The van der Waals surface area contributed by atoms with E-state index >= 15 is 0 Å². The maximum Gasteiger partial charge on any atom is 0.387 e. The van der Waals surface area contributed by atoms with Gasteiger partial charge in [-0.25, -0.2) is 4.79 Å². The predicted octanol–water partition coefficient (Wildman–Crippen LogP) is 1.89. The summed E-state index contributed by atoms with van der Waals surface area (Å²) in [6, 6.07) is 2.39. The smallest absolute Gasteiger partial charge is 0.387 e. The van der Waals surface area contributed by atoms with Crippen molar-refractivity contribution in [2.75, 3.05) is 0 Å². The van der Waals surface area contributed by atoms with Gasteiger partial charge in [0.2, 0.25) is 0 Å². The van der Waals surface area contributed by atoms with Crippen LogP contribution in [-0.2, 0) is 0 Å². The van der Waals surface area contributed by atoms with Crippen LogP contribution in [-0.4, -0.2) is 22.6 Å². The number of aromatic carboxylic acids is 1. The second-order valence-corrected chi connectivity index (χ2v) is 2.62. The molecule has 1 rings (SSSR count). The number of benzene rings is 1. The largest absolute Gasteiger partial charge is 0.477 e. The van der Waals surface area contributed by atoms with Gasteiger partial charge in [0.05, 0.1) is 11.0 Å². The van der Waals surface area contributed by atoms with Crippen molar-refractivity contribution in [3.8, 4) is 5.75 Å². The lowest BCUT2D eigenvalue weighted by molar-refractivity contribution is -0.385. The van der Waals surface area contributed by atoms with E-state index in [1.165, 1.54) is 0 Å². The minimum absolute atomic E-state index is 0.466. The van der Waals surface area contributed by atoms with Crippen LogP contribution in [0.5, 0.6) is 5.75 Å². The number of nitrogens with zero attached hydrogens (tertiary/aromatic N) is 1. The highest BCUT2D eigenvalue weighted by molar-refractivity contribution is 5.92. The molecule has 0 spiro atoms. The van der Waals surface area contributed by atoms with Gasteiger partial charge in [0.1, 0.15) is 11.3 Å². The number of ether oxygens (including phenoxy) is 1. The SMILES string of the molecule is O=C(O)c1ccc(OC(F)F)cc1[N+](=O)[O-]. The molecule has 0 amide bonds. The number of carboxylic acid groups (broad SMARTS) is 1. The first-order valence-corrected chi connectivity index (χ1v) is 3.88. The highest BCUT2D eigenvalue weighted by Gasteiger charge is 2.21. The Hall–Kier alpha value is -2.25. The quantitative estimate of drug-likeness (QED) is 0.633. The second kappa shape index (κ2) is 4.51. The van der Waals surface area contributed by atoms with E-state index < -0.39 is 34.5 Å². The molecule has 0 saturated heterocycles. The topological polar surface area (TPSA) is 89.7 Å². The fourth-order valence-corrected chi connectivity index (χ4v) is 1.02. The van der Waals surface area contributed by atoms with Gasteiger partial charge in [0, 0.05) is 0 Å². The monoisotopic (exact) mass is 233 g/mol. The van der Waals surface area contributed by atoms with Gasteiger partial charge in [-0.2, -0.15) is 8.78 Å². The number of carboxylic acids is 1. The van der Waals surface area contributed by atoms with Gasteiger partial charge in [-0.1, -0.05) is 0 Å². The number of alkyl halides is 2. The Morgan fingerprint density at radius 1 is 1.50 bits per heavy atom. The van der Waals surface area contributed by atoms with Gasteiger partial charge in [0.25, 0.3) is 5.69 Å². The summed E-state index contributed by atoms with van der Waals surface area (Å²) in [5.41, 5.74) is -1.39. The molecule has 0 saturated carbocycles. The Bertz CT molecular complexity index is 434. The Morgan fingerprint density at radius 2 is 2.12 bits per heavy atom. The van der Waals surface area contributed by atoms with Gasteiger partial charge >= 0.3 is 12.6 Å². The number of hydrogen-bond donors (Lipinski definition) is 1. The van der Waals surface area contributed by atoms with Gasteiger partial charge in [-0.15, -0.1) is 0 Å². The Morgan fingerprint density at radius 3 is 2.56 bits per heavy atom. The summed E-state index contributed by atoms with van der Waals surface area (Å²) < 4.78 is 27.5. The van der Waals surface area contributed by atoms with Gasteiger partial charge < -0.3 is 9.84 Å². The molecule has 0 aliphatic carbocycles. The van der Waals surface area contributed by atoms with Gasteiger partial charge in [-0.3, -0.25) is 10.1 Å². The molecule has 0 heterocycles. The highest BCUT2D eigenvalue weighted by Crippen LogP contribution is 2.25. The average molecular weight is 233 g/mol. The van der Waals surface area contributed by atoms with Crippen LogP contribution in [0.25, 0.3) is 0 Å². The first-order valence-electron chi connectivity index (χ1n) is 3.88. The van der Waals surface area contributed by atoms with Crippen LogP contribution in [0.3, 0.4) is 0 Å². The fraction of sp³-hybridized carbons (Fsp3) is 0.125. The summed E-state index contributed by atoms with van der Waals surface area (Å²) in [6.45, 7) is -3.13. The second-order valence-electron chi connectivity index (χ2n) is 2.62. The van der Waals surface area contributed by atoms with Crippen molar-refractivity contribution in [3.05, 3.63) is 33.9 Å². The Balaban J connectivity index is 3.17. The summed E-state index contributed by atoms with van der Waals surface area (Å²) in [7, 11) is 0. The number of nitro groups is 1. The number of hydrogen-bond acceptors (Lipinski definition) is 4. The zero-order valence-corrected chi connectivity index (χ0v) is 7.59. The van der Waals surface area contributed by atoms with E-state index in [1.807, 2.05) is 0 Å². The molecule has 0 aromatic heterocycles. The number of rotatable bonds is 4. The lowest BCUT2D eigenvalue weighted by Crippen LogP contribution is -2.05. The third kappa shape index (κ3) is 2.62. The van der Waals surface area contributed by atoms with E-state index in [9.17, 15) is 23.7 Å². The number of halogens is 2. The van der Waals surface area contributed by atoms with Gasteiger partial charge in [0.15, 0.2) is 0 Å². The molecule has 6 nitrogen and oxygen atoms in total. The molecule has 16 heavy (non-hydrogen) atoms. The van der Waals surface area contributed by atoms with Crippen molar-refractivity contribution in [2.24, 2.45) is 0 Å². The molecule has 0 atom stereocenters. The minimum Gasteiger partial charge on any atom is -0.477 e. The molecule has 1 aromatic carbocycles.